The van der Waals surface area contributed by atoms with Crippen molar-refractivity contribution < 1.29 is 9.47 Å². The maximum absolute atomic E-state index is 5.21. The van der Waals surface area contributed by atoms with E-state index in [1.807, 2.05) is 36.4 Å². The Bertz CT molecular complexity index is 265. The van der Waals surface area contributed by atoms with Crippen molar-refractivity contribution in [1.82, 2.24) is 0 Å². The standard InChI is InChI=1S/C12H16O2/c1-4-11(12(13-2)14-3)10-8-6-5-7-9-10/h4-9,11-12H,1H2,2-3H3. The average molecular weight is 192 g/mol. The van der Waals surface area contributed by atoms with E-state index in [0.717, 1.165) is 5.56 Å². The van der Waals surface area contributed by atoms with Crippen molar-refractivity contribution in [3.63, 3.8) is 0 Å². The van der Waals surface area contributed by atoms with Crippen molar-refractivity contribution >= 4 is 0 Å². The first-order valence-electron chi connectivity index (χ1n) is 4.56. The van der Waals surface area contributed by atoms with Crippen LogP contribution in [0.25, 0.3) is 0 Å². The van der Waals surface area contributed by atoms with Gasteiger partial charge in [-0.05, 0) is 5.56 Å². The molecule has 1 rings (SSSR count). The van der Waals surface area contributed by atoms with Gasteiger partial charge < -0.3 is 9.47 Å². The van der Waals surface area contributed by atoms with E-state index in [-0.39, 0.29) is 12.2 Å². The molecular weight excluding hydrogens is 176 g/mol. The Kier molecular flexibility index (Phi) is 4.36. The number of rotatable bonds is 5. The highest BCUT2D eigenvalue weighted by Crippen LogP contribution is 2.22. The molecule has 0 aliphatic heterocycles. The molecule has 1 unspecified atom stereocenters. The predicted octanol–water partition coefficient (Wildman–Crippen LogP) is 2.58. The van der Waals surface area contributed by atoms with Crippen LogP contribution in [0, 0.1) is 0 Å². The highest BCUT2D eigenvalue weighted by molar-refractivity contribution is 5.23. The molecule has 0 amide bonds. The van der Waals surface area contributed by atoms with Crippen molar-refractivity contribution in [2.45, 2.75) is 12.2 Å². The summed E-state index contributed by atoms with van der Waals surface area (Å²) in [5.74, 6) is 0.0752. The SMILES string of the molecule is C=CC(c1ccccc1)C(OC)OC. The molecule has 14 heavy (non-hydrogen) atoms. The lowest BCUT2D eigenvalue weighted by Gasteiger charge is -2.21. The molecule has 2 heteroatoms. The first-order chi connectivity index (χ1) is 6.83. The van der Waals surface area contributed by atoms with Gasteiger partial charge in [0.1, 0.15) is 0 Å². The molecular formula is C12H16O2. The van der Waals surface area contributed by atoms with E-state index in [2.05, 4.69) is 6.58 Å². The zero-order chi connectivity index (χ0) is 10.4. The molecule has 0 aliphatic carbocycles. The van der Waals surface area contributed by atoms with Crippen LogP contribution >= 0.6 is 0 Å². The molecule has 0 radical (unpaired) electrons. The summed E-state index contributed by atoms with van der Waals surface area (Å²) in [6.45, 7) is 3.79. The lowest BCUT2D eigenvalue weighted by molar-refractivity contribution is -0.109. The van der Waals surface area contributed by atoms with Crippen LogP contribution in [0.4, 0.5) is 0 Å². The Balaban J connectivity index is 2.86. The molecule has 0 N–H and O–H groups in total. The van der Waals surface area contributed by atoms with Crippen molar-refractivity contribution in [2.75, 3.05) is 14.2 Å². The first-order valence-corrected chi connectivity index (χ1v) is 4.56. The van der Waals surface area contributed by atoms with E-state index in [1.54, 1.807) is 14.2 Å². The number of methoxy groups -OCH3 is 2. The molecule has 0 spiro atoms. The van der Waals surface area contributed by atoms with Gasteiger partial charge in [-0.1, -0.05) is 36.4 Å². The highest BCUT2D eigenvalue weighted by Gasteiger charge is 2.18. The number of ether oxygens (including phenoxy) is 2. The third kappa shape index (κ3) is 2.44. The quantitative estimate of drug-likeness (QED) is 0.527. The van der Waals surface area contributed by atoms with Crippen LogP contribution in [0.5, 0.6) is 0 Å². The van der Waals surface area contributed by atoms with Gasteiger partial charge in [0.25, 0.3) is 0 Å². The Morgan fingerprint density at radius 1 is 1.14 bits per heavy atom. The molecule has 0 saturated heterocycles. The zero-order valence-electron chi connectivity index (χ0n) is 8.64. The first kappa shape index (κ1) is 11.0. The van der Waals surface area contributed by atoms with Gasteiger partial charge in [0.2, 0.25) is 0 Å². The summed E-state index contributed by atoms with van der Waals surface area (Å²) in [4.78, 5) is 0. The largest absolute Gasteiger partial charge is 0.355 e. The van der Waals surface area contributed by atoms with Gasteiger partial charge >= 0.3 is 0 Å². The lowest BCUT2D eigenvalue weighted by Crippen LogP contribution is -2.21. The van der Waals surface area contributed by atoms with E-state index < -0.39 is 0 Å². The summed E-state index contributed by atoms with van der Waals surface area (Å²) in [5, 5.41) is 0. The van der Waals surface area contributed by atoms with Crippen LogP contribution in [-0.2, 0) is 9.47 Å². The molecule has 0 heterocycles. The number of hydrogen-bond donors (Lipinski definition) is 0. The molecule has 76 valence electrons. The molecule has 1 atom stereocenters. The minimum atomic E-state index is -0.269. The van der Waals surface area contributed by atoms with Crippen molar-refractivity contribution in [3.8, 4) is 0 Å². The van der Waals surface area contributed by atoms with E-state index in [0.29, 0.717) is 0 Å². The van der Waals surface area contributed by atoms with Crippen molar-refractivity contribution in [2.24, 2.45) is 0 Å². The Hall–Kier alpha value is -1.12. The van der Waals surface area contributed by atoms with Gasteiger partial charge in [0.05, 0.1) is 5.92 Å². The second-order valence-corrected chi connectivity index (χ2v) is 3.01. The third-order valence-electron chi connectivity index (χ3n) is 2.20. The fraction of sp³-hybridized carbons (Fsp3) is 0.333. The summed E-state index contributed by atoms with van der Waals surface area (Å²) in [6, 6.07) is 10.1. The molecule has 0 saturated carbocycles. The Morgan fingerprint density at radius 3 is 2.14 bits per heavy atom. The van der Waals surface area contributed by atoms with Crippen molar-refractivity contribution in [1.29, 1.82) is 0 Å². The lowest BCUT2D eigenvalue weighted by atomic mass is 9.99. The third-order valence-corrected chi connectivity index (χ3v) is 2.20. The smallest absolute Gasteiger partial charge is 0.167 e. The molecule has 2 nitrogen and oxygen atoms in total. The number of hydrogen-bond acceptors (Lipinski definition) is 2. The summed E-state index contributed by atoms with van der Waals surface area (Å²) in [6.07, 6.45) is 1.57. The second kappa shape index (κ2) is 5.58. The van der Waals surface area contributed by atoms with Gasteiger partial charge in [-0.3, -0.25) is 0 Å². The van der Waals surface area contributed by atoms with Crippen LogP contribution in [0.2, 0.25) is 0 Å². The van der Waals surface area contributed by atoms with E-state index in [1.165, 1.54) is 0 Å². The van der Waals surface area contributed by atoms with Crippen LogP contribution < -0.4 is 0 Å². The van der Waals surface area contributed by atoms with E-state index in [4.69, 9.17) is 9.47 Å². The van der Waals surface area contributed by atoms with Crippen LogP contribution in [-0.4, -0.2) is 20.5 Å². The predicted molar refractivity (Wildman–Crippen MR) is 57.2 cm³/mol. The monoisotopic (exact) mass is 192 g/mol. The molecule has 1 aromatic rings. The maximum atomic E-state index is 5.21. The maximum Gasteiger partial charge on any atom is 0.167 e. The van der Waals surface area contributed by atoms with Gasteiger partial charge in [0.15, 0.2) is 6.29 Å². The van der Waals surface area contributed by atoms with Gasteiger partial charge in [-0.2, -0.15) is 0 Å². The van der Waals surface area contributed by atoms with Gasteiger partial charge in [-0.25, -0.2) is 0 Å². The molecule has 0 fully saturated rings. The minimum Gasteiger partial charge on any atom is -0.355 e. The Morgan fingerprint density at radius 2 is 1.71 bits per heavy atom. The van der Waals surface area contributed by atoms with Crippen molar-refractivity contribution in [3.05, 3.63) is 48.6 Å². The van der Waals surface area contributed by atoms with E-state index >= 15 is 0 Å². The normalized spacial score (nSPS) is 12.8. The summed E-state index contributed by atoms with van der Waals surface area (Å²) >= 11 is 0. The topological polar surface area (TPSA) is 18.5 Å². The minimum absolute atomic E-state index is 0.0752. The van der Waals surface area contributed by atoms with Gasteiger partial charge in [-0.15, -0.1) is 6.58 Å². The Labute approximate surface area is 85.2 Å². The fourth-order valence-corrected chi connectivity index (χ4v) is 1.47. The zero-order valence-corrected chi connectivity index (χ0v) is 8.64. The second-order valence-electron chi connectivity index (χ2n) is 3.01. The highest BCUT2D eigenvalue weighted by atomic mass is 16.7. The summed E-state index contributed by atoms with van der Waals surface area (Å²) in [7, 11) is 3.27. The van der Waals surface area contributed by atoms with Crippen LogP contribution in [0.15, 0.2) is 43.0 Å². The average Bonchev–Trinajstić information content (AvgIpc) is 2.27. The van der Waals surface area contributed by atoms with E-state index in [9.17, 15) is 0 Å². The molecule has 0 bridgehead atoms. The fourth-order valence-electron chi connectivity index (χ4n) is 1.47. The molecule has 1 aromatic carbocycles. The summed E-state index contributed by atoms with van der Waals surface area (Å²) < 4.78 is 10.4. The van der Waals surface area contributed by atoms with Crippen LogP contribution in [0.3, 0.4) is 0 Å². The molecule has 0 aromatic heterocycles. The molecule has 0 aliphatic rings. The summed E-state index contributed by atoms with van der Waals surface area (Å²) in [5.41, 5.74) is 1.15. The number of benzene rings is 1. The van der Waals surface area contributed by atoms with Gasteiger partial charge in [0, 0.05) is 14.2 Å². The van der Waals surface area contributed by atoms with Crippen LogP contribution in [0.1, 0.15) is 11.5 Å².